The number of hydrogen-bond acceptors (Lipinski definition) is 5. The van der Waals surface area contributed by atoms with Crippen LogP contribution in [0.4, 0.5) is 5.69 Å². The van der Waals surface area contributed by atoms with E-state index in [2.05, 4.69) is 0 Å². The molecule has 0 bridgehead atoms. The Bertz CT molecular complexity index is 989. The summed E-state index contributed by atoms with van der Waals surface area (Å²) in [6.45, 7) is 3.69. The predicted octanol–water partition coefficient (Wildman–Crippen LogP) is 3.97. The molecular formula is C23H23NO5. The average Bonchev–Trinajstić information content (AvgIpc) is 2.98. The maximum Gasteiger partial charge on any atom is 0.340 e. The van der Waals surface area contributed by atoms with E-state index in [-0.39, 0.29) is 23.7 Å². The Hall–Kier alpha value is -3.54. The summed E-state index contributed by atoms with van der Waals surface area (Å²) >= 11 is 0. The lowest BCUT2D eigenvalue weighted by Crippen LogP contribution is -2.24. The molecule has 0 aromatic heterocycles. The molecule has 1 amide bonds. The van der Waals surface area contributed by atoms with E-state index in [0.717, 1.165) is 5.56 Å². The van der Waals surface area contributed by atoms with Gasteiger partial charge in [-0.1, -0.05) is 12.1 Å². The number of carbonyl (C=O) groups is 2. The number of carbonyl (C=O) groups excluding carboxylic acids is 2. The summed E-state index contributed by atoms with van der Waals surface area (Å²) in [5.74, 6) is 0.525. The highest BCUT2D eigenvalue weighted by atomic mass is 16.5. The van der Waals surface area contributed by atoms with Crippen LogP contribution >= 0.6 is 0 Å². The van der Waals surface area contributed by atoms with Gasteiger partial charge in [0.1, 0.15) is 11.5 Å². The summed E-state index contributed by atoms with van der Waals surface area (Å²) in [4.78, 5) is 27.5. The molecule has 1 aliphatic heterocycles. The van der Waals surface area contributed by atoms with Crippen LogP contribution < -0.4 is 14.4 Å². The van der Waals surface area contributed by atoms with Crippen molar-refractivity contribution in [2.75, 3.05) is 25.7 Å². The lowest BCUT2D eigenvalue weighted by molar-refractivity contribution is -0.138. The molecule has 0 unspecified atom stereocenters. The van der Waals surface area contributed by atoms with Gasteiger partial charge in [0.25, 0.3) is 5.91 Å². The van der Waals surface area contributed by atoms with Crippen molar-refractivity contribution < 1.29 is 23.8 Å². The van der Waals surface area contributed by atoms with Crippen LogP contribution in [0.5, 0.6) is 11.5 Å². The van der Waals surface area contributed by atoms with Crippen molar-refractivity contribution in [1.29, 1.82) is 0 Å². The Labute approximate surface area is 170 Å². The van der Waals surface area contributed by atoms with Gasteiger partial charge in [0.05, 0.1) is 32.0 Å². The topological polar surface area (TPSA) is 65.1 Å². The standard InChI is InChI=1S/C23H23NO5/c1-5-29-23(26)21-15(2)24(17-9-11-18(27-3)12-10-17)22(25)20(21)14-16-7-6-8-19(13-16)28-4/h6-14H,5H2,1-4H3. The van der Waals surface area contributed by atoms with Crippen LogP contribution in [0.1, 0.15) is 19.4 Å². The number of allylic oxidation sites excluding steroid dienone is 1. The molecular weight excluding hydrogens is 370 g/mol. The summed E-state index contributed by atoms with van der Waals surface area (Å²) in [7, 11) is 3.15. The summed E-state index contributed by atoms with van der Waals surface area (Å²) in [6, 6.07) is 14.4. The fourth-order valence-corrected chi connectivity index (χ4v) is 3.22. The van der Waals surface area contributed by atoms with E-state index in [4.69, 9.17) is 14.2 Å². The highest BCUT2D eigenvalue weighted by Crippen LogP contribution is 2.36. The quantitative estimate of drug-likeness (QED) is 0.549. The summed E-state index contributed by atoms with van der Waals surface area (Å²) in [5.41, 5.74) is 2.45. The van der Waals surface area contributed by atoms with Crippen LogP contribution in [0.2, 0.25) is 0 Å². The molecule has 6 heteroatoms. The van der Waals surface area contributed by atoms with Gasteiger partial charge in [-0.2, -0.15) is 0 Å². The van der Waals surface area contributed by atoms with Crippen molar-refractivity contribution >= 4 is 23.6 Å². The third-order valence-electron chi connectivity index (χ3n) is 4.62. The Morgan fingerprint density at radius 3 is 2.34 bits per heavy atom. The number of methoxy groups -OCH3 is 2. The number of hydrogen-bond donors (Lipinski definition) is 0. The molecule has 0 spiro atoms. The molecule has 2 aromatic carbocycles. The monoisotopic (exact) mass is 393 g/mol. The smallest absolute Gasteiger partial charge is 0.340 e. The van der Waals surface area contributed by atoms with Crippen LogP contribution in [-0.4, -0.2) is 32.7 Å². The van der Waals surface area contributed by atoms with E-state index >= 15 is 0 Å². The largest absolute Gasteiger partial charge is 0.497 e. The van der Waals surface area contributed by atoms with Crippen molar-refractivity contribution in [3.63, 3.8) is 0 Å². The van der Waals surface area contributed by atoms with Gasteiger partial charge in [-0.15, -0.1) is 0 Å². The lowest BCUT2D eigenvalue weighted by atomic mass is 10.0. The zero-order valence-corrected chi connectivity index (χ0v) is 16.9. The molecule has 1 aliphatic rings. The van der Waals surface area contributed by atoms with Gasteiger partial charge in [0, 0.05) is 11.4 Å². The molecule has 2 aromatic rings. The second-order valence-electron chi connectivity index (χ2n) is 6.35. The fraction of sp³-hybridized carbons (Fsp3) is 0.217. The number of ether oxygens (including phenoxy) is 3. The Morgan fingerprint density at radius 2 is 1.72 bits per heavy atom. The SMILES string of the molecule is CCOC(=O)C1=C(C)N(c2ccc(OC)cc2)C(=O)C1=Cc1cccc(OC)c1. The van der Waals surface area contributed by atoms with Crippen molar-refractivity contribution in [2.45, 2.75) is 13.8 Å². The molecule has 150 valence electrons. The lowest BCUT2D eigenvalue weighted by Gasteiger charge is -2.18. The average molecular weight is 393 g/mol. The molecule has 0 fully saturated rings. The molecule has 0 saturated carbocycles. The molecule has 0 N–H and O–H groups in total. The molecule has 6 nitrogen and oxygen atoms in total. The van der Waals surface area contributed by atoms with Crippen LogP contribution in [0.3, 0.4) is 0 Å². The first kappa shape index (κ1) is 20.2. The number of nitrogens with zero attached hydrogens (tertiary/aromatic N) is 1. The zero-order chi connectivity index (χ0) is 21.0. The summed E-state index contributed by atoms with van der Waals surface area (Å²) in [6.07, 6.45) is 1.68. The second-order valence-corrected chi connectivity index (χ2v) is 6.35. The number of rotatable bonds is 6. The van der Waals surface area contributed by atoms with Gasteiger partial charge in [0.2, 0.25) is 0 Å². The Morgan fingerprint density at radius 1 is 1.03 bits per heavy atom. The van der Waals surface area contributed by atoms with E-state index < -0.39 is 5.97 Å². The number of amides is 1. The number of anilines is 1. The minimum Gasteiger partial charge on any atom is -0.497 e. The molecule has 29 heavy (non-hydrogen) atoms. The van der Waals surface area contributed by atoms with Crippen molar-refractivity contribution in [3.05, 3.63) is 70.9 Å². The zero-order valence-electron chi connectivity index (χ0n) is 16.9. The van der Waals surface area contributed by atoms with Gasteiger partial charge in [0.15, 0.2) is 0 Å². The predicted molar refractivity (Wildman–Crippen MR) is 111 cm³/mol. The molecule has 1 heterocycles. The summed E-state index contributed by atoms with van der Waals surface area (Å²) in [5, 5.41) is 0. The first-order chi connectivity index (χ1) is 14.0. The van der Waals surface area contributed by atoms with Gasteiger partial charge in [-0.05, 0) is 61.9 Å². The van der Waals surface area contributed by atoms with Gasteiger partial charge < -0.3 is 14.2 Å². The Balaban J connectivity index is 2.10. The highest BCUT2D eigenvalue weighted by Gasteiger charge is 2.38. The first-order valence-electron chi connectivity index (χ1n) is 9.22. The third-order valence-corrected chi connectivity index (χ3v) is 4.62. The van der Waals surface area contributed by atoms with Gasteiger partial charge in [-0.3, -0.25) is 9.69 Å². The third kappa shape index (κ3) is 4.01. The van der Waals surface area contributed by atoms with Crippen LogP contribution in [-0.2, 0) is 14.3 Å². The molecule has 0 atom stereocenters. The van der Waals surface area contributed by atoms with Crippen LogP contribution in [0.15, 0.2) is 65.4 Å². The van der Waals surface area contributed by atoms with E-state index in [1.54, 1.807) is 64.5 Å². The summed E-state index contributed by atoms with van der Waals surface area (Å²) < 4.78 is 15.7. The fourth-order valence-electron chi connectivity index (χ4n) is 3.22. The van der Waals surface area contributed by atoms with E-state index in [1.807, 2.05) is 18.2 Å². The highest BCUT2D eigenvalue weighted by molar-refractivity contribution is 6.23. The number of benzene rings is 2. The van der Waals surface area contributed by atoms with E-state index in [1.165, 1.54) is 4.90 Å². The number of esters is 1. The van der Waals surface area contributed by atoms with Crippen molar-refractivity contribution in [2.24, 2.45) is 0 Å². The maximum atomic E-state index is 13.3. The molecule has 3 rings (SSSR count). The van der Waals surface area contributed by atoms with E-state index in [0.29, 0.717) is 22.9 Å². The second kappa shape index (κ2) is 8.65. The normalized spacial score (nSPS) is 15.1. The minimum atomic E-state index is -0.525. The first-order valence-corrected chi connectivity index (χ1v) is 9.22. The van der Waals surface area contributed by atoms with E-state index in [9.17, 15) is 9.59 Å². The van der Waals surface area contributed by atoms with Crippen LogP contribution in [0, 0.1) is 0 Å². The van der Waals surface area contributed by atoms with Crippen molar-refractivity contribution in [1.82, 2.24) is 0 Å². The van der Waals surface area contributed by atoms with Gasteiger partial charge >= 0.3 is 5.97 Å². The Kier molecular flexibility index (Phi) is 6.02. The molecule has 0 aliphatic carbocycles. The van der Waals surface area contributed by atoms with Gasteiger partial charge in [-0.25, -0.2) is 4.79 Å². The minimum absolute atomic E-state index is 0.221. The maximum absolute atomic E-state index is 13.3. The van der Waals surface area contributed by atoms with Crippen molar-refractivity contribution in [3.8, 4) is 11.5 Å². The molecule has 0 saturated heterocycles. The van der Waals surface area contributed by atoms with Crippen LogP contribution in [0.25, 0.3) is 6.08 Å². The molecule has 0 radical (unpaired) electrons.